The third-order valence-corrected chi connectivity index (χ3v) is 7.84. The Balaban J connectivity index is 1.21. The van der Waals surface area contributed by atoms with Crippen LogP contribution in [0.1, 0.15) is 30.2 Å². The summed E-state index contributed by atoms with van der Waals surface area (Å²) in [7, 11) is 0. The molecule has 8 nitrogen and oxygen atoms in total. The van der Waals surface area contributed by atoms with E-state index in [0.29, 0.717) is 32.7 Å². The van der Waals surface area contributed by atoms with Crippen LogP contribution in [0.15, 0.2) is 66.9 Å². The van der Waals surface area contributed by atoms with Crippen molar-refractivity contribution in [1.82, 2.24) is 30.3 Å². The Kier molecular flexibility index (Phi) is 9.08. The number of hydrogen-bond acceptors (Lipinski definition) is 4. The van der Waals surface area contributed by atoms with Crippen molar-refractivity contribution in [2.75, 3.05) is 45.8 Å². The molecule has 0 radical (unpaired) electrons. The molecule has 1 fully saturated rings. The van der Waals surface area contributed by atoms with Crippen LogP contribution in [0.3, 0.4) is 0 Å². The number of piperazine rings is 1. The van der Waals surface area contributed by atoms with E-state index in [9.17, 15) is 9.59 Å². The fraction of sp³-hybridized carbons (Fsp3) is 0.355. The molecule has 0 bridgehead atoms. The minimum atomic E-state index is -0.0621. The molecule has 0 saturated carbocycles. The maximum atomic E-state index is 13.6. The molecule has 0 spiro atoms. The van der Waals surface area contributed by atoms with Gasteiger partial charge < -0.3 is 20.5 Å². The molecular formula is C31H37ClN6O2. The summed E-state index contributed by atoms with van der Waals surface area (Å²) in [6.45, 7) is 7.18. The minimum absolute atomic E-state index is 0.0124. The number of fused-ring (bicyclic) bond motifs is 1. The van der Waals surface area contributed by atoms with E-state index in [0.717, 1.165) is 65.7 Å². The molecule has 3 heterocycles. The number of H-pyrrole nitrogens is 1. The van der Waals surface area contributed by atoms with E-state index in [2.05, 4.69) is 44.8 Å². The molecular weight excluding hydrogens is 524 g/mol. The van der Waals surface area contributed by atoms with Crippen molar-refractivity contribution in [3.05, 3.63) is 88.7 Å². The standard InChI is InChI=1S/C31H37ClN6O2/c1-23(39)33-13-14-34-29-21-38(22-30-26(29)20-28(35-30)25-9-3-2-4-10-25)31(40)37-18-16-36(17-19-37)15-7-11-24-8-5-6-12-27(24)32/h2-6,8-10,12,20-21,34-35H,7,11,13-19,22H2,1H3,(H,33,39). The summed E-state index contributed by atoms with van der Waals surface area (Å²) in [5.41, 5.74) is 6.22. The highest BCUT2D eigenvalue weighted by molar-refractivity contribution is 6.31. The highest BCUT2D eigenvalue weighted by Crippen LogP contribution is 2.31. The van der Waals surface area contributed by atoms with Crippen LogP contribution in [0.4, 0.5) is 4.79 Å². The molecule has 0 unspecified atom stereocenters. The van der Waals surface area contributed by atoms with Gasteiger partial charge in [0.15, 0.2) is 0 Å². The van der Waals surface area contributed by atoms with Crippen LogP contribution in [-0.2, 0) is 17.8 Å². The van der Waals surface area contributed by atoms with Gasteiger partial charge in [0, 0.05) is 74.4 Å². The van der Waals surface area contributed by atoms with Gasteiger partial charge in [0.25, 0.3) is 0 Å². The summed E-state index contributed by atoms with van der Waals surface area (Å²) in [4.78, 5) is 34.6. The van der Waals surface area contributed by atoms with E-state index >= 15 is 0 Å². The molecule has 9 heteroatoms. The fourth-order valence-electron chi connectivity index (χ4n) is 5.32. The van der Waals surface area contributed by atoms with Gasteiger partial charge in [-0.3, -0.25) is 14.6 Å². The SMILES string of the molecule is CC(=O)NCCNC1=CN(C(=O)N2CCN(CCCc3ccccc3Cl)CC2)Cc2[nH]c(-c3ccccc3)cc21. The zero-order chi connectivity index (χ0) is 27.9. The van der Waals surface area contributed by atoms with Gasteiger partial charge in [0.05, 0.1) is 12.2 Å². The normalized spacial score (nSPS) is 15.4. The zero-order valence-electron chi connectivity index (χ0n) is 23.0. The number of aromatic amines is 1. The van der Waals surface area contributed by atoms with Crippen molar-refractivity contribution in [2.45, 2.75) is 26.3 Å². The number of benzene rings is 2. The molecule has 0 aliphatic carbocycles. The Morgan fingerprint density at radius 1 is 0.975 bits per heavy atom. The number of carbonyl (C=O) groups is 2. The minimum Gasteiger partial charge on any atom is -0.382 e. The molecule has 5 rings (SSSR count). The predicted octanol–water partition coefficient (Wildman–Crippen LogP) is 4.55. The maximum absolute atomic E-state index is 13.6. The molecule has 2 aliphatic heterocycles. The molecule has 2 aliphatic rings. The first-order chi connectivity index (χ1) is 19.5. The van der Waals surface area contributed by atoms with Gasteiger partial charge in [-0.25, -0.2) is 4.79 Å². The van der Waals surface area contributed by atoms with E-state index in [1.165, 1.54) is 12.5 Å². The Morgan fingerprint density at radius 3 is 2.48 bits per heavy atom. The molecule has 3 N–H and O–H groups in total. The largest absolute Gasteiger partial charge is 0.382 e. The molecule has 1 aromatic heterocycles. The van der Waals surface area contributed by atoms with Crippen LogP contribution in [0.25, 0.3) is 17.0 Å². The molecule has 0 atom stereocenters. The van der Waals surface area contributed by atoms with E-state index in [1.54, 1.807) is 4.90 Å². The summed E-state index contributed by atoms with van der Waals surface area (Å²) >= 11 is 6.31. The molecule has 3 amide bonds. The molecule has 210 valence electrons. The Labute approximate surface area is 241 Å². The van der Waals surface area contributed by atoms with Gasteiger partial charge in [-0.1, -0.05) is 60.1 Å². The number of amides is 3. The van der Waals surface area contributed by atoms with E-state index in [4.69, 9.17) is 11.6 Å². The summed E-state index contributed by atoms with van der Waals surface area (Å²) in [5.74, 6) is -0.0621. The number of urea groups is 1. The predicted molar refractivity (Wildman–Crippen MR) is 160 cm³/mol. The lowest BCUT2D eigenvalue weighted by molar-refractivity contribution is -0.118. The number of rotatable bonds is 9. The van der Waals surface area contributed by atoms with E-state index in [1.807, 2.05) is 47.5 Å². The summed E-state index contributed by atoms with van der Waals surface area (Å²) in [6, 6.07) is 20.3. The number of halogens is 1. The second-order valence-electron chi connectivity index (χ2n) is 10.3. The summed E-state index contributed by atoms with van der Waals surface area (Å²) in [5, 5.41) is 7.08. The first-order valence-corrected chi connectivity index (χ1v) is 14.3. The van der Waals surface area contributed by atoms with Crippen molar-refractivity contribution in [3.8, 4) is 11.3 Å². The highest BCUT2D eigenvalue weighted by Gasteiger charge is 2.29. The third kappa shape index (κ3) is 6.87. The molecule has 40 heavy (non-hydrogen) atoms. The first kappa shape index (κ1) is 27.8. The summed E-state index contributed by atoms with van der Waals surface area (Å²) < 4.78 is 0. The Hall–Kier alpha value is -3.75. The van der Waals surface area contributed by atoms with Gasteiger partial charge >= 0.3 is 6.03 Å². The number of nitrogens with zero attached hydrogens (tertiary/aromatic N) is 3. The lowest BCUT2D eigenvalue weighted by Gasteiger charge is -2.37. The Morgan fingerprint density at radius 2 is 1.73 bits per heavy atom. The number of carbonyl (C=O) groups excluding carboxylic acids is 2. The fourth-order valence-corrected chi connectivity index (χ4v) is 5.55. The van der Waals surface area contributed by atoms with Crippen molar-refractivity contribution in [1.29, 1.82) is 0 Å². The quantitative estimate of drug-likeness (QED) is 0.335. The van der Waals surface area contributed by atoms with Gasteiger partial charge in [-0.05, 0) is 42.6 Å². The van der Waals surface area contributed by atoms with Crippen LogP contribution < -0.4 is 10.6 Å². The summed E-state index contributed by atoms with van der Waals surface area (Å²) in [6.07, 6.45) is 3.91. The van der Waals surface area contributed by atoms with Crippen molar-refractivity contribution in [3.63, 3.8) is 0 Å². The third-order valence-electron chi connectivity index (χ3n) is 7.47. The van der Waals surface area contributed by atoms with Gasteiger partial charge in [0.2, 0.25) is 5.91 Å². The van der Waals surface area contributed by atoms with Crippen LogP contribution >= 0.6 is 11.6 Å². The maximum Gasteiger partial charge on any atom is 0.324 e. The average molecular weight is 561 g/mol. The van der Waals surface area contributed by atoms with Gasteiger partial charge in [-0.2, -0.15) is 0 Å². The number of aromatic nitrogens is 1. The van der Waals surface area contributed by atoms with Gasteiger partial charge in [-0.15, -0.1) is 0 Å². The number of aryl methyl sites for hydroxylation is 1. The van der Waals surface area contributed by atoms with Crippen molar-refractivity contribution >= 4 is 29.2 Å². The van der Waals surface area contributed by atoms with Crippen LogP contribution in [0.2, 0.25) is 5.02 Å². The average Bonchev–Trinajstić information content (AvgIpc) is 3.41. The molecule has 2 aromatic carbocycles. The number of nitrogens with one attached hydrogen (secondary N) is 3. The molecule has 1 saturated heterocycles. The zero-order valence-corrected chi connectivity index (χ0v) is 23.7. The molecule has 3 aromatic rings. The highest BCUT2D eigenvalue weighted by atomic mass is 35.5. The van der Waals surface area contributed by atoms with Crippen LogP contribution in [0, 0.1) is 0 Å². The smallest absolute Gasteiger partial charge is 0.324 e. The first-order valence-electron chi connectivity index (χ1n) is 14.0. The van der Waals surface area contributed by atoms with E-state index in [-0.39, 0.29) is 11.9 Å². The topological polar surface area (TPSA) is 83.7 Å². The van der Waals surface area contributed by atoms with Crippen molar-refractivity contribution in [2.24, 2.45) is 0 Å². The second kappa shape index (κ2) is 13.1. The van der Waals surface area contributed by atoms with E-state index < -0.39 is 0 Å². The second-order valence-corrected chi connectivity index (χ2v) is 10.7. The van der Waals surface area contributed by atoms with Crippen LogP contribution in [-0.4, -0.2) is 77.4 Å². The Bertz CT molecular complexity index is 1350. The lowest BCUT2D eigenvalue weighted by atomic mass is 10.1. The lowest BCUT2D eigenvalue weighted by Crippen LogP contribution is -2.52. The number of hydrogen-bond donors (Lipinski definition) is 3. The van der Waals surface area contributed by atoms with Gasteiger partial charge in [0.1, 0.15) is 0 Å². The van der Waals surface area contributed by atoms with Crippen molar-refractivity contribution < 1.29 is 9.59 Å². The van der Waals surface area contributed by atoms with Crippen LogP contribution in [0.5, 0.6) is 0 Å². The monoisotopic (exact) mass is 560 g/mol.